The minimum absolute atomic E-state index is 0.423. The second-order valence-corrected chi connectivity index (χ2v) is 5.50. The average molecular weight is 290 g/mol. The van der Waals surface area contributed by atoms with E-state index in [1.807, 2.05) is 12.1 Å². The van der Waals surface area contributed by atoms with Crippen LogP contribution in [0.2, 0.25) is 10.0 Å². The van der Waals surface area contributed by atoms with Crippen LogP contribution >= 0.6 is 23.2 Å². The Labute approximate surface area is 120 Å². The highest BCUT2D eigenvalue weighted by atomic mass is 35.5. The van der Waals surface area contributed by atoms with Crippen LogP contribution in [0.3, 0.4) is 0 Å². The van der Waals surface area contributed by atoms with E-state index in [0.29, 0.717) is 17.0 Å². The molecule has 0 radical (unpaired) electrons. The largest absolute Gasteiger partial charge is 0.383 e. The SMILES string of the molecule is COCCNC(C)C(C)Cc1ccc(Cl)cc1Cl. The molecule has 1 N–H and O–H groups in total. The first-order valence-corrected chi connectivity index (χ1v) is 6.96. The quantitative estimate of drug-likeness (QED) is 0.771. The van der Waals surface area contributed by atoms with Crippen molar-refractivity contribution < 1.29 is 4.74 Å². The molecule has 4 heteroatoms. The van der Waals surface area contributed by atoms with Crippen LogP contribution in [0.5, 0.6) is 0 Å². The van der Waals surface area contributed by atoms with Crippen molar-refractivity contribution in [1.29, 1.82) is 0 Å². The van der Waals surface area contributed by atoms with Gasteiger partial charge >= 0.3 is 0 Å². The summed E-state index contributed by atoms with van der Waals surface area (Å²) in [5.74, 6) is 0.500. The third-order valence-corrected chi connectivity index (χ3v) is 3.77. The van der Waals surface area contributed by atoms with E-state index in [4.69, 9.17) is 27.9 Å². The van der Waals surface area contributed by atoms with Crippen LogP contribution in [-0.2, 0) is 11.2 Å². The van der Waals surface area contributed by atoms with Crippen LogP contribution in [0.4, 0.5) is 0 Å². The molecule has 0 bridgehead atoms. The molecule has 0 fully saturated rings. The molecular formula is C14H21Cl2NO. The van der Waals surface area contributed by atoms with E-state index in [-0.39, 0.29) is 0 Å². The summed E-state index contributed by atoms with van der Waals surface area (Å²) in [6, 6.07) is 6.11. The second kappa shape index (κ2) is 8.00. The summed E-state index contributed by atoms with van der Waals surface area (Å²) in [7, 11) is 1.71. The molecule has 2 unspecified atom stereocenters. The molecule has 1 rings (SSSR count). The molecule has 1 aromatic carbocycles. The fourth-order valence-corrected chi connectivity index (χ4v) is 2.29. The maximum Gasteiger partial charge on any atom is 0.0587 e. The molecule has 0 aliphatic rings. The molecule has 0 amide bonds. The Morgan fingerprint density at radius 1 is 1.28 bits per heavy atom. The maximum absolute atomic E-state index is 6.18. The van der Waals surface area contributed by atoms with Gasteiger partial charge in [0.05, 0.1) is 6.61 Å². The van der Waals surface area contributed by atoms with Crippen molar-refractivity contribution in [3.63, 3.8) is 0 Å². The summed E-state index contributed by atoms with van der Waals surface area (Å²) >= 11 is 12.1. The topological polar surface area (TPSA) is 21.3 Å². The van der Waals surface area contributed by atoms with Crippen LogP contribution in [0.25, 0.3) is 0 Å². The molecule has 2 nitrogen and oxygen atoms in total. The van der Waals surface area contributed by atoms with Crippen molar-refractivity contribution in [2.24, 2.45) is 5.92 Å². The van der Waals surface area contributed by atoms with Crippen molar-refractivity contribution in [3.05, 3.63) is 33.8 Å². The number of methoxy groups -OCH3 is 1. The summed E-state index contributed by atoms with van der Waals surface area (Å²) in [6.45, 7) is 6.01. The number of nitrogens with one attached hydrogen (secondary N) is 1. The lowest BCUT2D eigenvalue weighted by molar-refractivity contribution is 0.192. The monoisotopic (exact) mass is 289 g/mol. The Balaban J connectivity index is 2.50. The van der Waals surface area contributed by atoms with Gasteiger partial charge in [0.15, 0.2) is 0 Å². The average Bonchev–Trinajstić information content (AvgIpc) is 2.32. The van der Waals surface area contributed by atoms with E-state index in [2.05, 4.69) is 19.2 Å². The molecule has 0 heterocycles. The summed E-state index contributed by atoms with van der Waals surface area (Å²) in [6.07, 6.45) is 0.942. The first-order valence-electron chi connectivity index (χ1n) is 6.20. The van der Waals surface area contributed by atoms with Gasteiger partial charge in [-0.25, -0.2) is 0 Å². The molecular weight excluding hydrogens is 269 g/mol. The molecule has 2 atom stereocenters. The van der Waals surface area contributed by atoms with Crippen LogP contribution in [-0.4, -0.2) is 26.3 Å². The summed E-state index contributed by atoms with van der Waals surface area (Å²) in [5.41, 5.74) is 1.15. The van der Waals surface area contributed by atoms with E-state index >= 15 is 0 Å². The van der Waals surface area contributed by atoms with Crippen LogP contribution in [0.1, 0.15) is 19.4 Å². The van der Waals surface area contributed by atoms with E-state index in [1.165, 1.54) is 0 Å². The predicted molar refractivity (Wildman–Crippen MR) is 78.7 cm³/mol. The van der Waals surface area contributed by atoms with Gasteiger partial charge < -0.3 is 10.1 Å². The zero-order chi connectivity index (χ0) is 13.5. The fraction of sp³-hybridized carbons (Fsp3) is 0.571. The highest BCUT2D eigenvalue weighted by Gasteiger charge is 2.13. The molecule has 0 spiro atoms. The van der Waals surface area contributed by atoms with Crippen LogP contribution in [0, 0.1) is 5.92 Å². The van der Waals surface area contributed by atoms with E-state index < -0.39 is 0 Å². The third kappa shape index (κ3) is 5.15. The van der Waals surface area contributed by atoms with E-state index in [1.54, 1.807) is 13.2 Å². The summed E-state index contributed by atoms with van der Waals surface area (Å²) in [5, 5.41) is 4.87. The number of hydrogen-bond acceptors (Lipinski definition) is 2. The first-order chi connectivity index (χ1) is 8.54. The highest BCUT2D eigenvalue weighted by molar-refractivity contribution is 6.35. The third-order valence-electron chi connectivity index (χ3n) is 3.18. The zero-order valence-electron chi connectivity index (χ0n) is 11.2. The fourth-order valence-electron chi connectivity index (χ4n) is 1.80. The molecule has 0 aliphatic heterocycles. The minimum Gasteiger partial charge on any atom is -0.383 e. The smallest absolute Gasteiger partial charge is 0.0587 e. The molecule has 0 saturated carbocycles. The minimum atomic E-state index is 0.423. The Morgan fingerprint density at radius 3 is 2.61 bits per heavy atom. The summed E-state index contributed by atoms with van der Waals surface area (Å²) < 4.78 is 5.02. The summed E-state index contributed by atoms with van der Waals surface area (Å²) in [4.78, 5) is 0. The van der Waals surface area contributed by atoms with E-state index in [9.17, 15) is 0 Å². The molecule has 0 saturated heterocycles. The number of ether oxygens (including phenoxy) is 1. The molecule has 1 aromatic rings. The van der Waals surface area contributed by atoms with Gasteiger partial charge in [0.25, 0.3) is 0 Å². The van der Waals surface area contributed by atoms with Gasteiger partial charge in [0, 0.05) is 29.7 Å². The lowest BCUT2D eigenvalue weighted by atomic mass is 9.95. The van der Waals surface area contributed by atoms with Crippen molar-refractivity contribution in [1.82, 2.24) is 5.32 Å². The van der Waals surface area contributed by atoms with Gasteiger partial charge in [0.1, 0.15) is 0 Å². The number of rotatable bonds is 7. The number of halogens is 2. The van der Waals surface area contributed by atoms with E-state index in [0.717, 1.165) is 30.2 Å². The highest BCUT2D eigenvalue weighted by Crippen LogP contribution is 2.24. The van der Waals surface area contributed by atoms with Gasteiger partial charge in [-0.2, -0.15) is 0 Å². The second-order valence-electron chi connectivity index (χ2n) is 4.65. The zero-order valence-corrected chi connectivity index (χ0v) is 12.7. The van der Waals surface area contributed by atoms with Gasteiger partial charge in [0.2, 0.25) is 0 Å². The molecule has 0 aliphatic carbocycles. The predicted octanol–water partition coefficient (Wildman–Crippen LogP) is 3.80. The van der Waals surface area contributed by atoms with Crippen LogP contribution < -0.4 is 5.32 Å². The lowest BCUT2D eigenvalue weighted by Crippen LogP contribution is -2.35. The van der Waals surface area contributed by atoms with Crippen molar-refractivity contribution >= 4 is 23.2 Å². The maximum atomic E-state index is 6.18. The Morgan fingerprint density at radius 2 is 2.00 bits per heavy atom. The normalized spacial score (nSPS) is 14.5. The molecule has 18 heavy (non-hydrogen) atoms. The molecule has 102 valence electrons. The van der Waals surface area contributed by atoms with Crippen molar-refractivity contribution in [2.75, 3.05) is 20.3 Å². The van der Waals surface area contributed by atoms with Gasteiger partial charge in [-0.05, 0) is 37.0 Å². The Hall–Kier alpha value is -0.280. The standard InChI is InChI=1S/C14H21Cl2NO/c1-10(11(2)17-6-7-18-3)8-12-4-5-13(15)9-14(12)16/h4-5,9-11,17H,6-8H2,1-3H3. The van der Waals surface area contributed by atoms with Crippen LogP contribution in [0.15, 0.2) is 18.2 Å². The number of hydrogen-bond donors (Lipinski definition) is 1. The van der Waals surface area contributed by atoms with Crippen molar-refractivity contribution in [2.45, 2.75) is 26.3 Å². The Kier molecular flexibility index (Phi) is 7.02. The van der Waals surface area contributed by atoms with Gasteiger partial charge in [-0.15, -0.1) is 0 Å². The first kappa shape index (κ1) is 15.8. The van der Waals surface area contributed by atoms with Gasteiger partial charge in [-0.1, -0.05) is 36.2 Å². The van der Waals surface area contributed by atoms with Gasteiger partial charge in [-0.3, -0.25) is 0 Å². The Bertz CT molecular complexity index is 371. The van der Waals surface area contributed by atoms with Crippen molar-refractivity contribution in [3.8, 4) is 0 Å². The molecule has 0 aromatic heterocycles. The lowest BCUT2D eigenvalue weighted by Gasteiger charge is -2.21. The number of benzene rings is 1.